The molecule has 102 valence electrons. The first-order chi connectivity index (χ1) is 9.72. The van der Waals surface area contributed by atoms with Crippen molar-refractivity contribution in [1.29, 1.82) is 0 Å². The minimum atomic E-state index is -0.966. The van der Waals surface area contributed by atoms with E-state index in [0.717, 1.165) is 11.3 Å². The summed E-state index contributed by atoms with van der Waals surface area (Å²) in [6.07, 6.45) is 1.55. The molecule has 0 aliphatic carbocycles. The van der Waals surface area contributed by atoms with Crippen LogP contribution in [0.1, 0.15) is 15.4 Å². The van der Waals surface area contributed by atoms with Gasteiger partial charge in [-0.15, -0.1) is 11.3 Å². The lowest BCUT2D eigenvalue weighted by Crippen LogP contribution is -1.95. The number of carbonyl (C=O) groups is 1. The summed E-state index contributed by atoms with van der Waals surface area (Å²) in [6.45, 7) is 0.194. The van der Waals surface area contributed by atoms with Crippen LogP contribution in [0, 0.1) is 0 Å². The Hall–Kier alpha value is -2.54. The zero-order chi connectivity index (χ0) is 13.9. The molecule has 0 amide bonds. The van der Waals surface area contributed by atoms with Crippen LogP contribution in [-0.4, -0.2) is 16.2 Å². The smallest absolute Gasteiger partial charge is 0.346 e. The predicted molar refractivity (Wildman–Crippen MR) is 69.8 cm³/mol. The van der Waals surface area contributed by atoms with E-state index in [2.05, 4.69) is 5.16 Å². The highest BCUT2D eigenvalue weighted by atomic mass is 32.1. The number of rotatable bonds is 5. The van der Waals surface area contributed by atoms with E-state index in [1.807, 2.05) is 0 Å². The normalized spacial score (nSPS) is 10.6. The number of nitrogens with zero attached hydrogens (tertiary/aromatic N) is 1. The van der Waals surface area contributed by atoms with Crippen molar-refractivity contribution in [2.75, 3.05) is 0 Å². The average Bonchev–Trinajstić information content (AvgIpc) is 3.17. The van der Waals surface area contributed by atoms with Gasteiger partial charge in [0, 0.05) is 17.5 Å². The number of thiophene rings is 1. The van der Waals surface area contributed by atoms with Crippen LogP contribution in [-0.2, 0) is 6.61 Å². The van der Waals surface area contributed by atoms with Crippen LogP contribution in [0.2, 0.25) is 0 Å². The van der Waals surface area contributed by atoms with Crippen LogP contribution in [0.15, 0.2) is 44.8 Å². The van der Waals surface area contributed by atoms with E-state index in [1.165, 1.54) is 6.07 Å². The molecule has 0 radical (unpaired) electrons. The summed E-state index contributed by atoms with van der Waals surface area (Å²) in [5.74, 6) is 0.638. The maximum absolute atomic E-state index is 10.7. The van der Waals surface area contributed by atoms with Gasteiger partial charge in [0.05, 0.1) is 6.26 Å². The van der Waals surface area contributed by atoms with Crippen LogP contribution in [0.25, 0.3) is 11.5 Å². The number of furan rings is 1. The third-order valence-electron chi connectivity index (χ3n) is 2.50. The Bertz CT molecular complexity index is 713. The molecule has 20 heavy (non-hydrogen) atoms. The van der Waals surface area contributed by atoms with Gasteiger partial charge in [0.1, 0.15) is 22.9 Å². The van der Waals surface area contributed by atoms with Gasteiger partial charge in [-0.2, -0.15) is 0 Å². The second-order valence-corrected chi connectivity index (χ2v) is 4.81. The molecule has 0 aliphatic heterocycles. The number of hydrogen-bond acceptors (Lipinski definition) is 6. The van der Waals surface area contributed by atoms with E-state index < -0.39 is 5.97 Å². The van der Waals surface area contributed by atoms with Gasteiger partial charge in [0.2, 0.25) is 5.76 Å². The first-order valence-corrected chi connectivity index (χ1v) is 6.54. The molecule has 0 bridgehead atoms. The van der Waals surface area contributed by atoms with Gasteiger partial charge >= 0.3 is 5.97 Å². The fourth-order valence-corrected chi connectivity index (χ4v) is 2.24. The van der Waals surface area contributed by atoms with Crippen molar-refractivity contribution in [3.8, 4) is 17.3 Å². The van der Waals surface area contributed by atoms with Crippen molar-refractivity contribution in [2.45, 2.75) is 6.61 Å². The monoisotopic (exact) mass is 291 g/mol. The molecule has 1 N–H and O–H groups in total. The zero-order valence-electron chi connectivity index (χ0n) is 10.1. The Morgan fingerprint density at radius 1 is 1.40 bits per heavy atom. The maximum Gasteiger partial charge on any atom is 0.346 e. The van der Waals surface area contributed by atoms with E-state index in [-0.39, 0.29) is 11.5 Å². The van der Waals surface area contributed by atoms with Gasteiger partial charge in [0.15, 0.2) is 5.76 Å². The number of carboxylic acid groups (broad SMARTS) is 1. The van der Waals surface area contributed by atoms with E-state index in [0.29, 0.717) is 23.0 Å². The lowest BCUT2D eigenvalue weighted by molar-refractivity contribution is 0.0702. The maximum atomic E-state index is 10.7. The van der Waals surface area contributed by atoms with Crippen LogP contribution in [0.3, 0.4) is 0 Å². The minimum absolute atomic E-state index is 0.194. The zero-order valence-corrected chi connectivity index (χ0v) is 10.9. The van der Waals surface area contributed by atoms with Gasteiger partial charge in [-0.1, -0.05) is 5.16 Å². The fourth-order valence-electron chi connectivity index (χ4n) is 1.58. The standard InChI is InChI=1S/C13H9NO5S/c15-13(16)12-5-9(7-20-12)18-6-8-4-11(19-14-8)10-2-1-3-17-10/h1-5,7H,6H2,(H,15,16). The van der Waals surface area contributed by atoms with Crippen LogP contribution in [0.5, 0.6) is 5.75 Å². The first-order valence-electron chi connectivity index (χ1n) is 5.66. The van der Waals surface area contributed by atoms with E-state index in [4.69, 9.17) is 18.8 Å². The molecule has 0 atom stereocenters. The SMILES string of the molecule is O=C(O)c1cc(OCc2cc(-c3ccco3)on2)cs1. The molecule has 0 spiro atoms. The molecule has 0 aliphatic rings. The fraction of sp³-hybridized carbons (Fsp3) is 0.0769. The summed E-state index contributed by atoms with van der Waals surface area (Å²) in [4.78, 5) is 11.0. The quantitative estimate of drug-likeness (QED) is 0.776. The van der Waals surface area contributed by atoms with E-state index >= 15 is 0 Å². The Balaban J connectivity index is 1.65. The Kier molecular flexibility index (Phi) is 3.26. The van der Waals surface area contributed by atoms with Crippen molar-refractivity contribution in [3.05, 3.63) is 46.5 Å². The van der Waals surface area contributed by atoms with Crippen LogP contribution < -0.4 is 4.74 Å². The molecule has 0 saturated heterocycles. The molecule has 0 aromatic carbocycles. The minimum Gasteiger partial charge on any atom is -0.486 e. The van der Waals surface area contributed by atoms with Crippen LogP contribution >= 0.6 is 11.3 Å². The van der Waals surface area contributed by atoms with E-state index in [1.54, 1.807) is 29.8 Å². The summed E-state index contributed by atoms with van der Waals surface area (Å²) in [7, 11) is 0. The highest BCUT2D eigenvalue weighted by Crippen LogP contribution is 2.24. The predicted octanol–water partition coefficient (Wildman–Crippen LogP) is 3.27. The van der Waals surface area contributed by atoms with Gasteiger partial charge in [-0.3, -0.25) is 0 Å². The summed E-state index contributed by atoms with van der Waals surface area (Å²) in [5, 5.41) is 14.3. The third-order valence-corrected chi connectivity index (χ3v) is 3.39. The Labute approximate surface area is 117 Å². The molecule has 0 fully saturated rings. The van der Waals surface area contributed by atoms with Gasteiger partial charge in [0.25, 0.3) is 0 Å². The topological polar surface area (TPSA) is 85.7 Å². The first kappa shape index (κ1) is 12.5. The van der Waals surface area contributed by atoms with Crippen molar-refractivity contribution in [3.63, 3.8) is 0 Å². The largest absolute Gasteiger partial charge is 0.486 e. The number of ether oxygens (including phenoxy) is 1. The molecule has 3 aromatic heterocycles. The van der Waals surface area contributed by atoms with Crippen molar-refractivity contribution >= 4 is 17.3 Å². The highest BCUT2D eigenvalue weighted by molar-refractivity contribution is 7.12. The van der Waals surface area contributed by atoms with Gasteiger partial charge in [-0.05, 0) is 12.1 Å². The molecule has 3 rings (SSSR count). The summed E-state index contributed by atoms with van der Waals surface area (Å²) >= 11 is 1.11. The van der Waals surface area contributed by atoms with Gasteiger partial charge < -0.3 is 18.8 Å². The van der Waals surface area contributed by atoms with Crippen molar-refractivity contribution in [1.82, 2.24) is 5.16 Å². The lowest BCUT2D eigenvalue weighted by atomic mass is 10.3. The molecular weight excluding hydrogens is 282 g/mol. The summed E-state index contributed by atoms with van der Waals surface area (Å²) in [5.41, 5.74) is 0.597. The Morgan fingerprint density at radius 3 is 3.00 bits per heavy atom. The number of carboxylic acids is 1. The molecule has 6 nitrogen and oxygen atoms in total. The molecule has 3 aromatic rings. The molecule has 0 saturated carbocycles. The summed E-state index contributed by atoms with van der Waals surface area (Å²) in [6, 6.07) is 6.71. The van der Waals surface area contributed by atoms with Gasteiger partial charge in [-0.25, -0.2) is 4.79 Å². The van der Waals surface area contributed by atoms with Crippen LogP contribution in [0.4, 0.5) is 0 Å². The third kappa shape index (κ3) is 2.57. The Morgan fingerprint density at radius 2 is 2.30 bits per heavy atom. The number of aromatic nitrogens is 1. The second kappa shape index (κ2) is 5.22. The molecule has 3 heterocycles. The number of aromatic carboxylic acids is 1. The van der Waals surface area contributed by atoms with Crippen molar-refractivity contribution < 1.29 is 23.6 Å². The average molecular weight is 291 g/mol. The second-order valence-electron chi connectivity index (χ2n) is 3.90. The highest BCUT2D eigenvalue weighted by Gasteiger charge is 2.11. The van der Waals surface area contributed by atoms with Crippen molar-refractivity contribution in [2.24, 2.45) is 0 Å². The molecule has 0 unspecified atom stereocenters. The summed E-state index contributed by atoms with van der Waals surface area (Å²) < 4.78 is 15.8. The number of hydrogen-bond donors (Lipinski definition) is 1. The lowest BCUT2D eigenvalue weighted by Gasteiger charge is -1.98. The van der Waals surface area contributed by atoms with E-state index in [9.17, 15) is 4.79 Å². The molecular formula is C13H9NO5S. The molecule has 7 heteroatoms.